The molecule has 29 heavy (non-hydrogen) atoms. The fourth-order valence-corrected chi connectivity index (χ4v) is 3.83. The number of rotatable bonds is 6. The molecule has 0 spiro atoms. The zero-order valence-corrected chi connectivity index (χ0v) is 17.1. The van der Waals surface area contributed by atoms with Crippen LogP contribution in [0.3, 0.4) is 0 Å². The van der Waals surface area contributed by atoms with Crippen molar-refractivity contribution < 1.29 is 9.32 Å². The number of anilines is 1. The van der Waals surface area contributed by atoms with Gasteiger partial charge in [0.2, 0.25) is 11.7 Å². The topological polar surface area (TPSA) is 107 Å². The van der Waals surface area contributed by atoms with E-state index in [-0.39, 0.29) is 23.1 Å². The summed E-state index contributed by atoms with van der Waals surface area (Å²) in [6.45, 7) is 6.36. The van der Waals surface area contributed by atoms with Gasteiger partial charge in [-0.3, -0.25) is 18.6 Å². The van der Waals surface area contributed by atoms with E-state index in [0.29, 0.717) is 40.0 Å². The molecule has 0 aliphatic rings. The molecule has 3 aromatic heterocycles. The number of para-hydroxylation sites is 1. The van der Waals surface area contributed by atoms with Crippen LogP contribution in [0.2, 0.25) is 0 Å². The Hall–Kier alpha value is -3.14. The SMILES string of the molecule is Cc1cc(NC(=O)CSc2nnc3n(CC(C)C)c(=O)c4ccccc4n23)no1. The lowest BCUT2D eigenvalue weighted by Gasteiger charge is -2.12. The van der Waals surface area contributed by atoms with E-state index in [4.69, 9.17) is 4.52 Å². The van der Waals surface area contributed by atoms with Crippen molar-refractivity contribution in [1.29, 1.82) is 0 Å². The maximum Gasteiger partial charge on any atom is 0.262 e. The predicted octanol–water partition coefficient (Wildman–Crippen LogP) is 2.73. The largest absolute Gasteiger partial charge is 0.360 e. The second-order valence-corrected chi connectivity index (χ2v) is 8.05. The van der Waals surface area contributed by atoms with Crippen LogP contribution in [0.1, 0.15) is 19.6 Å². The predicted molar refractivity (Wildman–Crippen MR) is 110 cm³/mol. The van der Waals surface area contributed by atoms with Crippen molar-refractivity contribution in [2.75, 3.05) is 11.1 Å². The highest BCUT2D eigenvalue weighted by atomic mass is 32.2. The second kappa shape index (κ2) is 7.70. The Kier molecular flexibility index (Phi) is 5.10. The first-order valence-corrected chi connectivity index (χ1v) is 10.1. The molecular weight excluding hydrogens is 392 g/mol. The quantitative estimate of drug-likeness (QED) is 0.485. The van der Waals surface area contributed by atoms with Gasteiger partial charge in [0, 0.05) is 12.6 Å². The first kappa shape index (κ1) is 19.2. The smallest absolute Gasteiger partial charge is 0.262 e. The zero-order chi connectivity index (χ0) is 20.5. The lowest BCUT2D eigenvalue weighted by Crippen LogP contribution is -2.25. The Morgan fingerprint density at radius 2 is 2.07 bits per heavy atom. The molecule has 1 amide bonds. The average molecular weight is 412 g/mol. The van der Waals surface area contributed by atoms with Gasteiger partial charge < -0.3 is 9.84 Å². The highest BCUT2D eigenvalue weighted by molar-refractivity contribution is 7.99. The Morgan fingerprint density at radius 1 is 1.28 bits per heavy atom. The van der Waals surface area contributed by atoms with E-state index in [9.17, 15) is 9.59 Å². The molecule has 1 N–H and O–H groups in total. The van der Waals surface area contributed by atoms with Gasteiger partial charge in [0.15, 0.2) is 11.0 Å². The molecule has 9 nitrogen and oxygen atoms in total. The number of nitrogens with zero attached hydrogens (tertiary/aromatic N) is 5. The van der Waals surface area contributed by atoms with Crippen LogP contribution in [-0.2, 0) is 11.3 Å². The molecule has 0 saturated carbocycles. The molecule has 3 heterocycles. The van der Waals surface area contributed by atoms with Crippen LogP contribution in [0.25, 0.3) is 16.7 Å². The van der Waals surface area contributed by atoms with Crippen molar-refractivity contribution in [1.82, 2.24) is 24.3 Å². The summed E-state index contributed by atoms with van der Waals surface area (Å²) in [4.78, 5) is 25.2. The number of aromatic nitrogens is 5. The lowest BCUT2D eigenvalue weighted by atomic mass is 10.2. The second-order valence-electron chi connectivity index (χ2n) is 7.10. The van der Waals surface area contributed by atoms with Gasteiger partial charge in [-0.25, -0.2) is 0 Å². The minimum Gasteiger partial charge on any atom is -0.360 e. The number of benzene rings is 1. The number of aryl methyl sites for hydroxylation is 1. The van der Waals surface area contributed by atoms with Gasteiger partial charge in [0.1, 0.15) is 5.76 Å². The van der Waals surface area contributed by atoms with E-state index < -0.39 is 0 Å². The molecule has 1 aromatic carbocycles. The Bertz CT molecular complexity index is 1260. The fourth-order valence-electron chi connectivity index (χ4n) is 3.09. The zero-order valence-electron chi connectivity index (χ0n) is 16.2. The first-order valence-electron chi connectivity index (χ1n) is 9.16. The summed E-state index contributed by atoms with van der Waals surface area (Å²) in [7, 11) is 0. The van der Waals surface area contributed by atoms with Gasteiger partial charge in [0.05, 0.1) is 16.7 Å². The molecule has 4 aromatic rings. The van der Waals surface area contributed by atoms with Crippen molar-refractivity contribution in [2.45, 2.75) is 32.5 Å². The van der Waals surface area contributed by atoms with Crippen molar-refractivity contribution in [3.05, 3.63) is 46.4 Å². The third-order valence-electron chi connectivity index (χ3n) is 4.25. The molecule has 10 heteroatoms. The number of carbonyl (C=O) groups excluding carboxylic acids is 1. The Morgan fingerprint density at radius 3 is 2.79 bits per heavy atom. The van der Waals surface area contributed by atoms with Gasteiger partial charge >= 0.3 is 0 Å². The van der Waals surface area contributed by atoms with Gasteiger partial charge in [-0.15, -0.1) is 10.2 Å². The van der Waals surface area contributed by atoms with Crippen LogP contribution in [0.5, 0.6) is 0 Å². The molecule has 0 fully saturated rings. The lowest BCUT2D eigenvalue weighted by molar-refractivity contribution is -0.113. The van der Waals surface area contributed by atoms with Gasteiger partial charge in [-0.2, -0.15) is 0 Å². The van der Waals surface area contributed by atoms with E-state index in [1.54, 1.807) is 23.6 Å². The Balaban J connectivity index is 1.69. The minimum absolute atomic E-state index is 0.0927. The molecule has 0 aliphatic carbocycles. The van der Waals surface area contributed by atoms with Crippen LogP contribution in [0.4, 0.5) is 5.82 Å². The highest BCUT2D eigenvalue weighted by Gasteiger charge is 2.18. The molecule has 0 radical (unpaired) electrons. The molecule has 0 bridgehead atoms. The first-order chi connectivity index (χ1) is 13.9. The summed E-state index contributed by atoms with van der Waals surface area (Å²) >= 11 is 1.24. The maximum atomic E-state index is 13.0. The minimum atomic E-state index is -0.236. The summed E-state index contributed by atoms with van der Waals surface area (Å²) in [5.74, 6) is 1.60. The molecule has 0 atom stereocenters. The van der Waals surface area contributed by atoms with Crippen molar-refractivity contribution >= 4 is 40.2 Å². The van der Waals surface area contributed by atoms with Gasteiger partial charge in [-0.05, 0) is 25.0 Å². The van der Waals surface area contributed by atoms with Crippen LogP contribution >= 0.6 is 11.8 Å². The van der Waals surface area contributed by atoms with E-state index in [1.807, 2.05) is 36.4 Å². The molecule has 150 valence electrons. The highest BCUT2D eigenvalue weighted by Crippen LogP contribution is 2.22. The number of hydrogen-bond acceptors (Lipinski definition) is 7. The van der Waals surface area contributed by atoms with Crippen LogP contribution < -0.4 is 10.9 Å². The number of carbonyl (C=O) groups is 1. The van der Waals surface area contributed by atoms with E-state index >= 15 is 0 Å². The summed E-state index contributed by atoms with van der Waals surface area (Å²) in [6.07, 6.45) is 0. The van der Waals surface area contributed by atoms with Crippen LogP contribution in [-0.4, -0.2) is 36.0 Å². The number of nitrogens with one attached hydrogen (secondary N) is 1. The summed E-state index contributed by atoms with van der Waals surface area (Å²) in [6, 6.07) is 8.99. The number of hydrogen-bond donors (Lipinski definition) is 1. The molecule has 0 saturated heterocycles. The number of thioether (sulfide) groups is 1. The van der Waals surface area contributed by atoms with Gasteiger partial charge in [-0.1, -0.05) is 42.9 Å². The van der Waals surface area contributed by atoms with E-state index in [1.165, 1.54) is 11.8 Å². The summed E-state index contributed by atoms with van der Waals surface area (Å²) in [5, 5.41) is 16.0. The number of fused-ring (bicyclic) bond motifs is 3. The monoisotopic (exact) mass is 412 g/mol. The van der Waals surface area contributed by atoms with E-state index in [0.717, 1.165) is 0 Å². The van der Waals surface area contributed by atoms with Gasteiger partial charge in [0.25, 0.3) is 5.56 Å². The van der Waals surface area contributed by atoms with Crippen molar-refractivity contribution in [3.8, 4) is 0 Å². The molecule has 0 aliphatic heterocycles. The normalized spacial score (nSPS) is 11.6. The molecular formula is C19H20N6O3S. The third kappa shape index (κ3) is 3.75. The summed E-state index contributed by atoms with van der Waals surface area (Å²) < 4.78 is 8.42. The summed E-state index contributed by atoms with van der Waals surface area (Å²) in [5.41, 5.74) is 0.623. The third-order valence-corrected chi connectivity index (χ3v) is 5.18. The molecule has 0 unspecified atom stereocenters. The Labute approximate surface area is 170 Å². The van der Waals surface area contributed by atoms with Crippen molar-refractivity contribution in [2.24, 2.45) is 5.92 Å². The van der Waals surface area contributed by atoms with Crippen LogP contribution in [0, 0.1) is 12.8 Å². The van der Waals surface area contributed by atoms with E-state index in [2.05, 4.69) is 20.7 Å². The molecule has 4 rings (SSSR count). The standard InChI is InChI=1S/C19H20N6O3S/c1-11(2)9-24-17(27)13-6-4-5-7-14(13)25-18(24)21-22-19(25)29-10-16(26)20-15-8-12(3)28-23-15/h4-8,11H,9-10H2,1-3H3,(H,20,23,26). The maximum absolute atomic E-state index is 13.0. The van der Waals surface area contributed by atoms with Crippen LogP contribution in [0.15, 0.2) is 44.8 Å². The average Bonchev–Trinajstić information content (AvgIpc) is 3.29. The van der Waals surface area contributed by atoms with Crippen molar-refractivity contribution in [3.63, 3.8) is 0 Å². The number of amides is 1. The fraction of sp³-hybridized carbons (Fsp3) is 0.316.